The van der Waals surface area contributed by atoms with Gasteiger partial charge in [-0.3, -0.25) is 0 Å². The Bertz CT molecular complexity index is 379. The van der Waals surface area contributed by atoms with Crippen molar-refractivity contribution in [2.45, 2.75) is 33.6 Å². The zero-order valence-electron chi connectivity index (χ0n) is 14.0. The monoisotopic (exact) mass is 293 g/mol. The average Bonchev–Trinajstić information content (AvgIpc) is 2.49. The van der Waals surface area contributed by atoms with E-state index in [4.69, 9.17) is 9.47 Å². The third kappa shape index (κ3) is 7.49. The highest BCUT2D eigenvalue weighted by molar-refractivity contribution is 5.33. The van der Waals surface area contributed by atoms with Gasteiger partial charge in [0.15, 0.2) is 0 Å². The quantitative estimate of drug-likeness (QED) is 0.633. The fraction of sp³-hybridized carbons (Fsp3) is 0.667. The molecule has 1 rings (SSSR count). The van der Waals surface area contributed by atoms with E-state index in [9.17, 15) is 0 Å². The molecule has 0 saturated heterocycles. The van der Waals surface area contributed by atoms with E-state index in [2.05, 4.69) is 38.2 Å². The summed E-state index contributed by atoms with van der Waals surface area (Å²) in [7, 11) is 1.74. The van der Waals surface area contributed by atoms with Gasteiger partial charge in [-0.1, -0.05) is 39.0 Å². The Kier molecular flexibility index (Phi) is 9.11. The molecule has 0 amide bonds. The Morgan fingerprint density at radius 3 is 2.62 bits per heavy atom. The average molecular weight is 293 g/mol. The fourth-order valence-corrected chi connectivity index (χ4v) is 2.38. The van der Waals surface area contributed by atoms with E-state index in [0.717, 1.165) is 44.9 Å². The Labute approximate surface area is 130 Å². The third-order valence-electron chi connectivity index (χ3n) is 3.51. The van der Waals surface area contributed by atoms with E-state index in [1.54, 1.807) is 7.11 Å². The van der Waals surface area contributed by atoms with Crippen LogP contribution in [0.4, 0.5) is 0 Å². The van der Waals surface area contributed by atoms with Gasteiger partial charge in [0, 0.05) is 13.2 Å². The van der Waals surface area contributed by atoms with Gasteiger partial charge in [-0.25, -0.2) is 0 Å². The summed E-state index contributed by atoms with van der Waals surface area (Å²) in [5, 5.41) is 3.46. The number of hydrogen-bond acceptors (Lipinski definition) is 3. The number of ether oxygens (including phenoxy) is 2. The number of benzene rings is 1. The summed E-state index contributed by atoms with van der Waals surface area (Å²) in [4.78, 5) is 0. The van der Waals surface area contributed by atoms with Gasteiger partial charge in [-0.2, -0.15) is 0 Å². The SMILES string of the molecule is CCNCC(CCOCC(C)C)Cc1ccccc1OC. The van der Waals surface area contributed by atoms with Gasteiger partial charge in [0.2, 0.25) is 0 Å². The zero-order valence-corrected chi connectivity index (χ0v) is 14.0. The van der Waals surface area contributed by atoms with Crippen molar-refractivity contribution in [2.24, 2.45) is 11.8 Å². The number of methoxy groups -OCH3 is 1. The molecule has 0 heterocycles. The van der Waals surface area contributed by atoms with Crippen molar-refractivity contribution < 1.29 is 9.47 Å². The number of rotatable bonds is 11. The molecule has 21 heavy (non-hydrogen) atoms. The van der Waals surface area contributed by atoms with Crippen molar-refractivity contribution in [3.63, 3.8) is 0 Å². The summed E-state index contributed by atoms with van der Waals surface area (Å²) >= 11 is 0. The molecule has 0 aliphatic carbocycles. The largest absolute Gasteiger partial charge is 0.496 e. The maximum absolute atomic E-state index is 5.74. The molecule has 1 unspecified atom stereocenters. The van der Waals surface area contributed by atoms with Crippen LogP contribution in [-0.2, 0) is 11.2 Å². The van der Waals surface area contributed by atoms with Crippen molar-refractivity contribution in [1.29, 1.82) is 0 Å². The predicted molar refractivity (Wildman–Crippen MR) is 89.0 cm³/mol. The van der Waals surface area contributed by atoms with Crippen LogP contribution in [-0.4, -0.2) is 33.4 Å². The van der Waals surface area contributed by atoms with Crippen LogP contribution in [0.25, 0.3) is 0 Å². The van der Waals surface area contributed by atoms with Gasteiger partial charge >= 0.3 is 0 Å². The maximum atomic E-state index is 5.74. The van der Waals surface area contributed by atoms with Crippen LogP contribution in [0.1, 0.15) is 32.8 Å². The first kappa shape index (κ1) is 18.0. The van der Waals surface area contributed by atoms with Crippen LogP contribution in [0.5, 0.6) is 5.75 Å². The molecular weight excluding hydrogens is 262 g/mol. The van der Waals surface area contributed by atoms with Crippen molar-refractivity contribution in [3.8, 4) is 5.75 Å². The van der Waals surface area contributed by atoms with E-state index in [1.807, 2.05) is 12.1 Å². The molecule has 1 aromatic rings. The Balaban J connectivity index is 2.52. The summed E-state index contributed by atoms with van der Waals surface area (Å²) in [6.45, 7) is 10.2. The lowest BCUT2D eigenvalue weighted by Gasteiger charge is -2.19. The van der Waals surface area contributed by atoms with Crippen molar-refractivity contribution in [1.82, 2.24) is 5.32 Å². The maximum Gasteiger partial charge on any atom is 0.122 e. The molecule has 0 fully saturated rings. The highest BCUT2D eigenvalue weighted by Crippen LogP contribution is 2.22. The highest BCUT2D eigenvalue weighted by atomic mass is 16.5. The molecule has 0 bridgehead atoms. The van der Waals surface area contributed by atoms with Crippen LogP contribution in [0.3, 0.4) is 0 Å². The van der Waals surface area contributed by atoms with E-state index < -0.39 is 0 Å². The molecule has 0 aromatic heterocycles. The second kappa shape index (κ2) is 10.6. The van der Waals surface area contributed by atoms with Gasteiger partial charge in [-0.15, -0.1) is 0 Å². The van der Waals surface area contributed by atoms with Crippen LogP contribution in [0, 0.1) is 11.8 Å². The Morgan fingerprint density at radius 1 is 1.19 bits per heavy atom. The van der Waals surface area contributed by atoms with Gasteiger partial charge in [0.25, 0.3) is 0 Å². The van der Waals surface area contributed by atoms with Gasteiger partial charge in [-0.05, 0) is 49.4 Å². The third-order valence-corrected chi connectivity index (χ3v) is 3.51. The Hall–Kier alpha value is -1.06. The lowest BCUT2D eigenvalue weighted by molar-refractivity contribution is 0.0975. The van der Waals surface area contributed by atoms with Crippen LogP contribution in [0.15, 0.2) is 24.3 Å². The lowest BCUT2D eigenvalue weighted by Crippen LogP contribution is -2.25. The molecule has 1 aromatic carbocycles. The molecule has 0 aliphatic rings. The summed E-state index contributed by atoms with van der Waals surface area (Å²) in [6, 6.07) is 8.30. The molecule has 3 heteroatoms. The molecule has 3 nitrogen and oxygen atoms in total. The summed E-state index contributed by atoms with van der Waals surface area (Å²) in [6.07, 6.45) is 2.11. The van der Waals surface area contributed by atoms with Gasteiger partial charge in [0.1, 0.15) is 5.75 Å². The molecular formula is C18H31NO2. The summed E-state index contributed by atoms with van der Waals surface area (Å²) < 4.78 is 11.2. The van der Waals surface area contributed by atoms with E-state index in [1.165, 1.54) is 5.56 Å². The first-order chi connectivity index (χ1) is 10.2. The standard InChI is InChI=1S/C18H31NO2/c1-5-19-13-16(10-11-21-14-15(2)3)12-17-8-6-7-9-18(17)20-4/h6-9,15-16,19H,5,10-14H2,1-4H3. The predicted octanol–water partition coefficient (Wildman–Crippen LogP) is 3.53. The van der Waals surface area contributed by atoms with E-state index in [-0.39, 0.29) is 0 Å². The van der Waals surface area contributed by atoms with E-state index in [0.29, 0.717) is 11.8 Å². The molecule has 0 spiro atoms. The van der Waals surface area contributed by atoms with Crippen LogP contribution in [0.2, 0.25) is 0 Å². The fourth-order valence-electron chi connectivity index (χ4n) is 2.38. The van der Waals surface area contributed by atoms with Gasteiger partial charge in [0.05, 0.1) is 7.11 Å². The van der Waals surface area contributed by atoms with Crippen LogP contribution < -0.4 is 10.1 Å². The molecule has 120 valence electrons. The first-order valence-electron chi connectivity index (χ1n) is 8.07. The second-order valence-corrected chi connectivity index (χ2v) is 5.95. The minimum atomic E-state index is 0.577. The van der Waals surface area contributed by atoms with Crippen molar-refractivity contribution in [2.75, 3.05) is 33.4 Å². The molecule has 0 saturated carbocycles. The highest BCUT2D eigenvalue weighted by Gasteiger charge is 2.12. The minimum absolute atomic E-state index is 0.577. The number of hydrogen-bond donors (Lipinski definition) is 1. The first-order valence-corrected chi connectivity index (χ1v) is 8.07. The normalized spacial score (nSPS) is 12.6. The smallest absolute Gasteiger partial charge is 0.122 e. The topological polar surface area (TPSA) is 30.5 Å². The summed E-state index contributed by atoms with van der Waals surface area (Å²) in [5.74, 6) is 2.17. The van der Waals surface area contributed by atoms with Crippen molar-refractivity contribution in [3.05, 3.63) is 29.8 Å². The molecule has 0 radical (unpaired) electrons. The number of para-hydroxylation sites is 1. The number of nitrogens with one attached hydrogen (secondary N) is 1. The minimum Gasteiger partial charge on any atom is -0.496 e. The Morgan fingerprint density at radius 2 is 1.95 bits per heavy atom. The molecule has 1 atom stereocenters. The zero-order chi connectivity index (χ0) is 15.5. The van der Waals surface area contributed by atoms with E-state index >= 15 is 0 Å². The lowest BCUT2D eigenvalue weighted by atomic mass is 9.95. The second-order valence-electron chi connectivity index (χ2n) is 5.95. The van der Waals surface area contributed by atoms with Crippen LogP contribution >= 0.6 is 0 Å². The summed E-state index contributed by atoms with van der Waals surface area (Å²) in [5.41, 5.74) is 1.28. The van der Waals surface area contributed by atoms with Gasteiger partial charge < -0.3 is 14.8 Å². The molecule has 1 N–H and O–H groups in total. The van der Waals surface area contributed by atoms with Crippen molar-refractivity contribution >= 4 is 0 Å². The molecule has 0 aliphatic heterocycles.